The molecule has 0 radical (unpaired) electrons. The van der Waals surface area contributed by atoms with Crippen molar-refractivity contribution in [1.82, 2.24) is 4.90 Å². The van der Waals surface area contributed by atoms with Gasteiger partial charge in [0.25, 0.3) is 5.91 Å². The van der Waals surface area contributed by atoms with Crippen LogP contribution in [0.4, 0.5) is 5.69 Å². The number of benzene rings is 2. The topological polar surface area (TPSA) is 46.3 Å². The van der Waals surface area contributed by atoms with Crippen LogP contribution in [0.5, 0.6) is 0 Å². The van der Waals surface area contributed by atoms with E-state index in [9.17, 15) is 4.79 Å². The van der Waals surface area contributed by atoms with Gasteiger partial charge in [0.1, 0.15) is 0 Å². The van der Waals surface area contributed by atoms with Crippen LogP contribution < -0.4 is 5.73 Å². The van der Waals surface area contributed by atoms with E-state index in [1.54, 1.807) is 31.1 Å². The number of carbonyl (C=O) groups is 1. The van der Waals surface area contributed by atoms with E-state index in [4.69, 9.17) is 17.3 Å². The third-order valence-corrected chi connectivity index (χ3v) is 3.29. The molecule has 0 saturated heterocycles. The molecule has 2 rings (SSSR count). The Labute approximate surface area is 129 Å². The number of hydrogen-bond donors (Lipinski definition) is 1. The highest BCUT2D eigenvalue weighted by Crippen LogP contribution is 2.22. The largest absolute Gasteiger partial charge is 0.399 e. The molecule has 0 aromatic heterocycles. The number of nitrogen functional groups attached to an aromatic ring is 1. The van der Waals surface area contributed by atoms with Crippen LogP contribution in [0.3, 0.4) is 0 Å². The molecule has 3 nitrogen and oxygen atoms in total. The summed E-state index contributed by atoms with van der Waals surface area (Å²) in [6.07, 6.45) is 1.85. The molecule has 0 unspecified atom stereocenters. The molecule has 0 spiro atoms. The van der Waals surface area contributed by atoms with Crippen LogP contribution in [-0.4, -0.2) is 24.9 Å². The number of halogens is 1. The smallest absolute Gasteiger partial charge is 0.253 e. The van der Waals surface area contributed by atoms with Crippen LogP contribution in [-0.2, 0) is 4.79 Å². The van der Waals surface area contributed by atoms with Gasteiger partial charge in [-0.3, -0.25) is 4.79 Å². The molecule has 1 amide bonds. The summed E-state index contributed by atoms with van der Waals surface area (Å²) in [6, 6.07) is 14.6. The number of amides is 1. The first-order valence-corrected chi connectivity index (χ1v) is 6.90. The minimum Gasteiger partial charge on any atom is -0.399 e. The van der Waals surface area contributed by atoms with Crippen LogP contribution in [0.2, 0.25) is 5.02 Å². The van der Waals surface area contributed by atoms with Crippen molar-refractivity contribution in [3.8, 4) is 0 Å². The Morgan fingerprint density at radius 3 is 2.14 bits per heavy atom. The predicted molar refractivity (Wildman–Crippen MR) is 88.9 cm³/mol. The normalized spacial score (nSPS) is 11.3. The first kappa shape index (κ1) is 15.1. The summed E-state index contributed by atoms with van der Waals surface area (Å²) >= 11 is 5.91. The molecule has 0 bridgehead atoms. The average molecular weight is 301 g/mol. The quantitative estimate of drug-likeness (QED) is 0.535. The second-order valence-corrected chi connectivity index (χ2v) is 5.37. The van der Waals surface area contributed by atoms with Crippen molar-refractivity contribution in [1.29, 1.82) is 0 Å². The van der Waals surface area contributed by atoms with Gasteiger partial charge in [-0.05, 0) is 41.5 Å². The van der Waals surface area contributed by atoms with Gasteiger partial charge in [-0.15, -0.1) is 0 Å². The number of anilines is 1. The number of rotatable bonds is 3. The fourth-order valence-electron chi connectivity index (χ4n) is 1.90. The minimum atomic E-state index is -0.0610. The van der Waals surface area contributed by atoms with Crippen molar-refractivity contribution in [3.05, 3.63) is 64.7 Å². The van der Waals surface area contributed by atoms with E-state index in [0.717, 1.165) is 11.1 Å². The molecule has 0 atom stereocenters. The number of carbonyl (C=O) groups excluding carboxylic acids is 1. The van der Waals surface area contributed by atoms with E-state index in [1.165, 1.54) is 0 Å². The van der Waals surface area contributed by atoms with E-state index in [1.807, 2.05) is 42.5 Å². The summed E-state index contributed by atoms with van der Waals surface area (Å²) in [5.41, 5.74) is 8.74. The van der Waals surface area contributed by atoms with Crippen molar-refractivity contribution in [3.63, 3.8) is 0 Å². The lowest BCUT2D eigenvalue weighted by Gasteiger charge is -2.14. The highest BCUT2D eigenvalue weighted by molar-refractivity contribution is 6.31. The van der Waals surface area contributed by atoms with E-state index in [0.29, 0.717) is 16.3 Å². The highest BCUT2D eigenvalue weighted by Gasteiger charge is 2.14. The van der Waals surface area contributed by atoms with Crippen molar-refractivity contribution < 1.29 is 4.79 Å². The molecule has 2 N–H and O–H groups in total. The van der Waals surface area contributed by atoms with Crippen LogP contribution in [0, 0.1) is 0 Å². The first-order chi connectivity index (χ1) is 9.97. The van der Waals surface area contributed by atoms with E-state index in [2.05, 4.69) is 0 Å². The van der Waals surface area contributed by atoms with Gasteiger partial charge in [-0.1, -0.05) is 35.9 Å². The van der Waals surface area contributed by atoms with Crippen molar-refractivity contribution in [2.45, 2.75) is 0 Å². The highest BCUT2D eigenvalue weighted by atomic mass is 35.5. The van der Waals surface area contributed by atoms with E-state index < -0.39 is 0 Å². The van der Waals surface area contributed by atoms with Gasteiger partial charge < -0.3 is 10.6 Å². The molecule has 2 aromatic rings. The van der Waals surface area contributed by atoms with Crippen LogP contribution in [0.25, 0.3) is 11.6 Å². The van der Waals surface area contributed by atoms with Gasteiger partial charge in [-0.25, -0.2) is 0 Å². The SMILES string of the molecule is CN(C)C(=O)/C(=C/c1ccc(N)cc1)c1ccc(Cl)cc1. The summed E-state index contributed by atoms with van der Waals surface area (Å²) in [5.74, 6) is -0.0610. The maximum Gasteiger partial charge on any atom is 0.253 e. The van der Waals surface area contributed by atoms with E-state index >= 15 is 0 Å². The minimum absolute atomic E-state index is 0.0610. The van der Waals surface area contributed by atoms with Gasteiger partial charge in [-0.2, -0.15) is 0 Å². The number of likely N-dealkylation sites (N-methyl/N-ethyl adjacent to an activating group) is 1. The number of nitrogens with two attached hydrogens (primary N) is 1. The lowest BCUT2D eigenvalue weighted by molar-refractivity contribution is -0.122. The molecule has 4 heteroatoms. The zero-order chi connectivity index (χ0) is 15.4. The Kier molecular flexibility index (Phi) is 4.66. The summed E-state index contributed by atoms with van der Waals surface area (Å²) in [6.45, 7) is 0. The molecule has 0 aliphatic carbocycles. The molecule has 0 aliphatic rings. The third-order valence-electron chi connectivity index (χ3n) is 3.04. The van der Waals surface area contributed by atoms with Gasteiger partial charge >= 0.3 is 0 Å². The van der Waals surface area contributed by atoms with Crippen LogP contribution >= 0.6 is 11.6 Å². The average Bonchev–Trinajstić information content (AvgIpc) is 2.47. The van der Waals surface area contributed by atoms with Crippen molar-refractivity contribution >= 4 is 34.8 Å². The van der Waals surface area contributed by atoms with Crippen molar-refractivity contribution in [2.75, 3.05) is 19.8 Å². The Bertz CT molecular complexity index is 658. The summed E-state index contributed by atoms with van der Waals surface area (Å²) in [5, 5.41) is 0.642. The van der Waals surface area contributed by atoms with E-state index in [-0.39, 0.29) is 5.91 Å². The maximum absolute atomic E-state index is 12.4. The fraction of sp³-hybridized carbons (Fsp3) is 0.118. The van der Waals surface area contributed by atoms with Gasteiger partial charge in [0.2, 0.25) is 0 Å². The Balaban J connectivity index is 2.47. The molecular formula is C17H17ClN2O. The van der Waals surface area contributed by atoms with Crippen molar-refractivity contribution in [2.24, 2.45) is 0 Å². The zero-order valence-electron chi connectivity index (χ0n) is 12.0. The molecule has 0 saturated carbocycles. The Morgan fingerprint density at radius 2 is 1.62 bits per heavy atom. The lowest BCUT2D eigenvalue weighted by Crippen LogP contribution is -2.22. The molecule has 0 aliphatic heterocycles. The summed E-state index contributed by atoms with van der Waals surface area (Å²) in [7, 11) is 3.46. The Hall–Kier alpha value is -2.26. The number of hydrogen-bond acceptors (Lipinski definition) is 2. The second-order valence-electron chi connectivity index (χ2n) is 4.93. The predicted octanol–water partition coefficient (Wildman–Crippen LogP) is 3.55. The molecule has 21 heavy (non-hydrogen) atoms. The third kappa shape index (κ3) is 3.86. The summed E-state index contributed by atoms with van der Waals surface area (Å²) < 4.78 is 0. The Morgan fingerprint density at radius 1 is 1.05 bits per heavy atom. The lowest BCUT2D eigenvalue weighted by atomic mass is 10.0. The van der Waals surface area contributed by atoms with Crippen LogP contribution in [0.15, 0.2) is 48.5 Å². The monoisotopic (exact) mass is 300 g/mol. The fourth-order valence-corrected chi connectivity index (χ4v) is 2.02. The summed E-state index contributed by atoms with van der Waals surface area (Å²) in [4.78, 5) is 14.0. The molecule has 2 aromatic carbocycles. The van der Waals surface area contributed by atoms with Gasteiger partial charge in [0.05, 0.1) is 0 Å². The molecule has 108 valence electrons. The standard InChI is InChI=1S/C17H17ClN2O/c1-20(2)17(21)16(13-5-7-14(18)8-6-13)11-12-3-9-15(19)10-4-12/h3-11H,19H2,1-2H3/b16-11+. The first-order valence-electron chi connectivity index (χ1n) is 6.52. The van der Waals surface area contributed by atoms with Gasteiger partial charge in [0, 0.05) is 30.4 Å². The number of nitrogens with zero attached hydrogens (tertiary/aromatic N) is 1. The zero-order valence-corrected chi connectivity index (χ0v) is 12.8. The molecule has 0 fully saturated rings. The van der Waals surface area contributed by atoms with Gasteiger partial charge in [0.15, 0.2) is 0 Å². The van der Waals surface area contributed by atoms with Crippen LogP contribution in [0.1, 0.15) is 11.1 Å². The second kappa shape index (κ2) is 6.46. The molecular weight excluding hydrogens is 284 g/mol. The molecule has 0 heterocycles. The maximum atomic E-state index is 12.4.